The number of benzene rings is 3. The van der Waals surface area contributed by atoms with Crippen LogP contribution in [-0.4, -0.2) is 11.1 Å². The average molecular weight is 386 g/mol. The van der Waals surface area contributed by atoms with E-state index in [4.69, 9.17) is 9.47 Å². The van der Waals surface area contributed by atoms with Gasteiger partial charge in [-0.05, 0) is 65.9 Å². The topological polar surface area (TPSA) is 55.8 Å². The van der Waals surface area contributed by atoms with Gasteiger partial charge in [0, 0.05) is 5.57 Å². The van der Waals surface area contributed by atoms with E-state index in [9.17, 15) is 9.90 Å². The average Bonchev–Trinajstić information content (AvgIpc) is 2.72. The first-order chi connectivity index (χ1) is 13.9. The highest BCUT2D eigenvalue weighted by Crippen LogP contribution is 2.30. The maximum Gasteiger partial charge on any atom is 0.338 e. The number of phenols is 1. The van der Waals surface area contributed by atoms with Crippen molar-refractivity contribution in [1.82, 2.24) is 0 Å². The summed E-state index contributed by atoms with van der Waals surface area (Å²) in [5.74, 6) is 0.397. The van der Waals surface area contributed by atoms with Crippen molar-refractivity contribution in [2.75, 3.05) is 0 Å². The fraction of sp³-hybridized carbons (Fsp3) is 0.0800. The van der Waals surface area contributed by atoms with Gasteiger partial charge in [-0.15, -0.1) is 0 Å². The molecule has 0 aliphatic rings. The van der Waals surface area contributed by atoms with Crippen molar-refractivity contribution in [3.8, 4) is 33.8 Å². The van der Waals surface area contributed by atoms with Crippen LogP contribution in [0.15, 0.2) is 91.4 Å². The van der Waals surface area contributed by atoms with Gasteiger partial charge in [-0.1, -0.05) is 49.0 Å². The van der Waals surface area contributed by atoms with E-state index in [1.807, 2.05) is 36.4 Å². The number of aromatic hydroxyl groups is 1. The van der Waals surface area contributed by atoms with E-state index in [0.717, 1.165) is 27.8 Å². The number of carbonyl (C=O) groups is 1. The minimum atomic E-state index is -0.494. The van der Waals surface area contributed by atoms with Crippen LogP contribution in [-0.2, 0) is 9.53 Å². The normalized spacial score (nSPS) is 10.7. The van der Waals surface area contributed by atoms with Gasteiger partial charge in [-0.25, -0.2) is 4.79 Å². The van der Waals surface area contributed by atoms with E-state index in [1.54, 1.807) is 19.1 Å². The number of esters is 1. The minimum absolute atomic E-state index is 0.258. The van der Waals surface area contributed by atoms with Crippen molar-refractivity contribution in [3.63, 3.8) is 0 Å². The summed E-state index contributed by atoms with van der Waals surface area (Å²) in [6.07, 6.45) is 2.50. The molecule has 0 aliphatic heterocycles. The molecule has 0 heterocycles. The third-order valence-corrected chi connectivity index (χ3v) is 4.38. The van der Waals surface area contributed by atoms with Crippen LogP contribution < -0.4 is 4.74 Å². The summed E-state index contributed by atoms with van der Waals surface area (Å²) in [6, 6.07) is 21.1. The molecule has 146 valence electrons. The second-order valence-corrected chi connectivity index (χ2v) is 6.68. The molecule has 0 spiro atoms. The van der Waals surface area contributed by atoms with Crippen molar-refractivity contribution in [1.29, 1.82) is 0 Å². The van der Waals surface area contributed by atoms with Crippen molar-refractivity contribution in [3.05, 3.63) is 97.0 Å². The first kappa shape index (κ1) is 20.0. The molecule has 3 rings (SSSR count). The molecule has 4 nitrogen and oxygen atoms in total. The number of carbonyl (C=O) groups excluding carboxylic acids is 1. The lowest BCUT2D eigenvalue weighted by Crippen LogP contribution is -1.99. The summed E-state index contributed by atoms with van der Waals surface area (Å²) in [5.41, 5.74) is 5.83. The van der Waals surface area contributed by atoms with Gasteiger partial charge in [-0.3, -0.25) is 0 Å². The first-order valence-electron chi connectivity index (χ1n) is 9.13. The molecule has 0 radical (unpaired) electrons. The Balaban J connectivity index is 1.69. The Morgan fingerprint density at radius 1 is 0.897 bits per heavy atom. The standard InChI is InChI=1S/C25H22O4/c1-17(2)25(27)29-15-14-28-23-11-6-19(7-12-23)21-8-13-24(18(3)16-21)20-4-9-22(26)10-5-20/h4-16,26H,1H2,2-3H3/b15-14-. The number of hydrogen-bond donors (Lipinski definition) is 1. The summed E-state index contributed by atoms with van der Waals surface area (Å²) in [6.45, 7) is 7.15. The zero-order valence-corrected chi connectivity index (χ0v) is 16.4. The number of hydrogen-bond acceptors (Lipinski definition) is 4. The molecular weight excluding hydrogens is 364 g/mol. The van der Waals surface area contributed by atoms with Gasteiger partial charge in [-0.2, -0.15) is 0 Å². The predicted octanol–water partition coefficient (Wildman–Crippen LogP) is 6.00. The molecule has 4 heteroatoms. The lowest BCUT2D eigenvalue weighted by Gasteiger charge is -2.10. The Hall–Kier alpha value is -3.79. The van der Waals surface area contributed by atoms with Crippen LogP contribution >= 0.6 is 0 Å². The Morgan fingerprint density at radius 2 is 1.52 bits per heavy atom. The Labute approximate surface area is 170 Å². The van der Waals surface area contributed by atoms with E-state index in [2.05, 4.69) is 31.7 Å². The Bertz CT molecular complexity index is 1050. The highest BCUT2D eigenvalue weighted by Gasteiger charge is 2.05. The van der Waals surface area contributed by atoms with Crippen molar-refractivity contribution < 1.29 is 19.4 Å². The summed E-state index contributed by atoms with van der Waals surface area (Å²) >= 11 is 0. The monoisotopic (exact) mass is 386 g/mol. The lowest BCUT2D eigenvalue weighted by atomic mass is 9.96. The van der Waals surface area contributed by atoms with Gasteiger partial charge < -0.3 is 14.6 Å². The molecule has 0 bridgehead atoms. The predicted molar refractivity (Wildman–Crippen MR) is 114 cm³/mol. The second-order valence-electron chi connectivity index (χ2n) is 6.68. The maximum atomic E-state index is 11.3. The summed E-state index contributed by atoms with van der Waals surface area (Å²) in [5, 5.41) is 9.46. The summed E-state index contributed by atoms with van der Waals surface area (Å²) < 4.78 is 10.3. The van der Waals surface area contributed by atoms with Crippen LogP contribution in [0.4, 0.5) is 0 Å². The smallest absolute Gasteiger partial charge is 0.338 e. The molecule has 0 fully saturated rings. The molecule has 0 saturated carbocycles. The number of aryl methyl sites for hydroxylation is 1. The third kappa shape index (κ3) is 5.14. The molecule has 0 unspecified atom stereocenters. The molecule has 0 aliphatic carbocycles. The molecule has 3 aromatic carbocycles. The van der Waals surface area contributed by atoms with Gasteiger partial charge in [0.05, 0.1) is 0 Å². The van der Waals surface area contributed by atoms with Crippen LogP contribution in [0, 0.1) is 6.92 Å². The van der Waals surface area contributed by atoms with Crippen molar-refractivity contribution in [2.24, 2.45) is 0 Å². The van der Waals surface area contributed by atoms with E-state index in [1.165, 1.54) is 12.5 Å². The van der Waals surface area contributed by atoms with E-state index in [0.29, 0.717) is 11.3 Å². The van der Waals surface area contributed by atoms with E-state index < -0.39 is 5.97 Å². The van der Waals surface area contributed by atoms with E-state index >= 15 is 0 Å². The van der Waals surface area contributed by atoms with E-state index in [-0.39, 0.29) is 5.75 Å². The van der Waals surface area contributed by atoms with Crippen molar-refractivity contribution in [2.45, 2.75) is 13.8 Å². The molecule has 0 amide bonds. The van der Waals surface area contributed by atoms with Crippen LogP contribution in [0.5, 0.6) is 11.5 Å². The van der Waals surface area contributed by atoms with Crippen LogP contribution in [0.25, 0.3) is 22.3 Å². The fourth-order valence-corrected chi connectivity index (χ4v) is 2.83. The van der Waals surface area contributed by atoms with Gasteiger partial charge in [0.2, 0.25) is 0 Å². The highest BCUT2D eigenvalue weighted by atomic mass is 16.5. The largest absolute Gasteiger partial charge is 0.508 e. The van der Waals surface area contributed by atoms with Crippen molar-refractivity contribution >= 4 is 5.97 Å². The van der Waals surface area contributed by atoms with Gasteiger partial charge in [0.1, 0.15) is 24.0 Å². The SMILES string of the molecule is C=C(C)C(=O)O/C=C\Oc1ccc(-c2ccc(-c3ccc(O)cc3)c(C)c2)cc1. The minimum Gasteiger partial charge on any atom is -0.508 e. The zero-order chi connectivity index (χ0) is 20.8. The molecule has 0 aromatic heterocycles. The number of rotatable bonds is 6. The highest BCUT2D eigenvalue weighted by molar-refractivity contribution is 5.87. The molecular formula is C25H22O4. The maximum absolute atomic E-state index is 11.3. The molecule has 1 N–H and O–H groups in total. The molecule has 3 aromatic rings. The fourth-order valence-electron chi connectivity index (χ4n) is 2.83. The third-order valence-electron chi connectivity index (χ3n) is 4.38. The number of phenolic OH excluding ortho intramolecular Hbond substituents is 1. The van der Waals surface area contributed by atoms with Gasteiger partial charge >= 0.3 is 5.97 Å². The zero-order valence-electron chi connectivity index (χ0n) is 16.4. The molecule has 0 saturated heterocycles. The second kappa shape index (κ2) is 8.93. The summed E-state index contributed by atoms with van der Waals surface area (Å²) in [4.78, 5) is 11.3. The lowest BCUT2D eigenvalue weighted by molar-refractivity contribution is -0.133. The van der Waals surface area contributed by atoms with Crippen LogP contribution in [0.3, 0.4) is 0 Å². The first-order valence-corrected chi connectivity index (χ1v) is 9.13. The Kier molecular flexibility index (Phi) is 6.15. The summed E-state index contributed by atoms with van der Waals surface area (Å²) in [7, 11) is 0. The van der Waals surface area contributed by atoms with Gasteiger partial charge in [0.25, 0.3) is 0 Å². The van der Waals surface area contributed by atoms with Crippen LogP contribution in [0.2, 0.25) is 0 Å². The number of ether oxygens (including phenoxy) is 2. The molecule has 0 atom stereocenters. The van der Waals surface area contributed by atoms with Crippen LogP contribution in [0.1, 0.15) is 12.5 Å². The molecule has 29 heavy (non-hydrogen) atoms. The quantitative estimate of drug-likeness (QED) is 0.320. The Morgan fingerprint density at radius 3 is 2.14 bits per heavy atom. The van der Waals surface area contributed by atoms with Gasteiger partial charge in [0.15, 0.2) is 0 Å².